The lowest BCUT2D eigenvalue weighted by atomic mass is 10.1. The van der Waals surface area contributed by atoms with Gasteiger partial charge >= 0.3 is 0 Å². The van der Waals surface area contributed by atoms with E-state index in [1.54, 1.807) is 0 Å². The molecule has 1 aliphatic rings. The Bertz CT molecular complexity index is 1250. The molecule has 1 fully saturated rings. The second-order valence-electron chi connectivity index (χ2n) is 7.64. The van der Waals surface area contributed by atoms with E-state index in [1.165, 1.54) is 0 Å². The van der Waals surface area contributed by atoms with E-state index in [-0.39, 0.29) is 11.9 Å². The predicted octanol–water partition coefficient (Wildman–Crippen LogP) is 3.59. The molecule has 0 bridgehead atoms. The second kappa shape index (κ2) is 7.25. The zero-order valence-electron chi connectivity index (χ0n) is 16.8. The van der Waals surface area contributed by atoms with Crippen molar-refractivity contribution in [2.24, 2.45) is 0 Å². The van der Waals surface area contributed by atoms with Gasteiger partial charge in [-0.2, -0.15) is 0 Å². The predicted molar refractivity (Wildman–Crippen MR) is 117 cm³/mol. The molecule has 1 amide bonds. The molecule has 7 nitrogen and oxygen atoms in total. The number of anilines is 1. The van der Waals surface area contributed by atoms with Gasteiger partial charge in [0.2, 0.25) is 5.95 Å². The Balaban J connectivity index is 1.51. The number of carbonyl (C=O) groups excluding carboxylic acids is 1. The highest BCUT2D eigenvalue weighted by atomic mass is 35.5. The van der Waals surface area contributed by atoms with E-state index >= 15 is 0 Å². The first-order valence-electron chi connectivity index (χ1n) is 9.95. The molecule has 152 valence electrons. The van der Waals surface area contributed by atoms with Crippen LogP contribution in [0.15, 0.2) is 48.5 Å². The van der Waals surface area contributed by atoms with Crippen LogP contribution in [-0.2, 0) is 0 Å². The fourth-order valence-corrected chi connectivity index (χ4v) is 4.29. The van der Waals surface area contributed by atoms with Crippen molar-refractivity contribution in [3.63, 3.8) is 0 Å². The van der Waals surface area contributed by atoms with Gasteiger partial charge in [0.1, 0.15) is 5.82 Å². The third kappa shape index (κ3) is 3.06. The summed E-state index contributed by atoms with van der Waals surface area (Å²) < 4.78 is 1.98. The van der Waals surface area contributed by atoms with Crippen molar-refractivity contribution in [2.75, 3.05) is 24.5 Å². The van der Waals surface area contributed by atoms with Gasteiger partial charge in [-0.3, -0.25) is 4.79 Å². The van der Waals surface area contributed by atoms with Crippen LogP contribution in [0.25, 0.3) is 16.6 Å². The van der Waals surface area contributed by atoms with Gasteiger partial charge in [0.05, 0.1) is 5.52 Å². The first-order chi connectivity index (χ1) is 14.5. The molecule has 5 rings (SSSR count). The molecular formula is C22H21ClN6O. The Morgan fingerprint density at radius 3 is 2.67 bits per heavy atom. The lowest BCUT2D eigenvalue weighted by molar-refractivity contribution is 0.0673. The molecule has 0 spiro atoms. The van der Waals surface area contributed by atoms with Crippen molar-refractivity contribution in [2.45, 2.75) is 19.9 Å². The van der Waals surface area contributed by atoms with Gasteiger partial charge in [-0.15, -0.1) is 10.2 Å². The number of amides is 1. The second-order valence-corrected chi connectivity index (χ2v) is 8.08. The van der Waals surface area contributed by atoms with E-state index in [0.717, 1.165) is 28.3 Å². The maximum atomic E-state index is 12.9. The summed E-state index contributed by atoms with van der Waals surface area (Å²) in [5, 5.41) is 10.2. The number of halogens is 1. The van der Waals surface area contributed by atoms with E-state index in [2.05, 4.69) is 22.0 Å². The van der Waals surface area contributed by atoms with E-state index in [9.17, 15) is 4.79 Å². The van der Waals surface area contributed by atoms with Gasteiger partial charge in [-0.25, -0.2) is 9.38 Å². The van der Waals surface area contributed by atoms with Crippen LogP contribution in [0, 0.1) is 6.92 Å². The van der Waals surface area contributed by atoms with Crippen molar-refractivity contribution in [1.82, 2.24) is 24.5 Å². The normalized spacial score (nSPS) is 17.1. The maximum absolute atomic E-state index is 12.9. The lowest BCUT2D eigenvalue weighted by Crippen LogP contribution is -2.54. The summed E-state index contributed by atoms with van der Waals surface area (Å²) >= 11 is 6.21. The van der Waals surface area contributed by atoms with Gasteiger partial charge in [0.15, 0.2) is 5.65 Å². The number of rotatable bonds is 2. The van der Waals surface area contributed by atoms with Crippen LogP contribution in [-0.4, -0.2) is 56.1 Å². The van der Waals surface area contributed by atoms with E-state index in [1.807, 2.05) is 64.8 Å². The van der Waals surface area contributed by atoms with Crippen molar-refractivity contribution < 1.29 is 4.79 Å². The molecular weight excluding hydrogens is 400 g/mol. The average molecular weight is 421 g/mol. The number of piperazine rings is 1. The number of hydrogen-bond acceptors (Lipinski definition) is 5. The fourth-order valence-electron chi connectivity index (χ4n) is 4.12. The van der Waals surface area contributed by atoms with Crippen LogP contribution in [0.3, 0.4) is 0 Å². The SMILES string of the molecule is Cc1nnc2c3ccc(Cl)cc3nc(N3CCN(C(=O)c4ccccc4)C(C)C3)n12. The van der Waals surface area contributed by atoms with Crippen LogP contribution in [0.5, 0.6) is 0 Å². The summed E-state index contributed by atoms with van der Waals surface area (Å²) in [7, 11) is 0. The zero-order chi connectivity index (χ0) is 20.8. The van der Waals surface area contributed by atoms with Crippen LogP contribution in [0.2, 0.25) is 5.02 Å². The van der Waals surface area contributed by atoms with Crippen LogP contribution < -0.4 is 4.90 Å². The minimum absolute atomic E-state index is 0.0372. The summed E-state index contributed by atoms with van der Waals surface area (Å²) in [6, 6.07) is 15.1. The van der Waals surface area contributed by atoms with Gasteiger partial charge in [0.25, 0.3) is 5.91 Å². The Kier molecular flexibility index (Phi) is 4.55. The van der Waals surface area contributed by atoms with E-state index < -0.39 is 0 Å². The molecule has 30 heavy (non-hydrogen) atoms. The Morgan fingerprint density at radius 1 is 1.10 bits per heavy atom. The fraction of sp³-hybridized carbons (Fsp3) is 0.273. The topological polar surface area (TPSA) is 66.6 Å². The van der Waals surface area contributed by atoms with Crippen molar-refractivity contribution in [1.29, 1.82) is 0 Å². The number of aromatic nitrogens is 4. The first-order valence-corrected chi connectivity index (χ1v) is 10.3. The minimum atomic E-state index is 0.0372. The lowest BCUT2D eigenvalue weighted by Gasteiger charge is -2.40. The summed E-state index contributed by atoms with van der Waals surface area (Å²) in [6.45, 7) is 5.96. The van der Waals surface area contributed by atoms with Crippen LogP contribution in [0.1, 0.15) is 23.1 Å². The monoisotopic (exact) mass is 420 g/mol. The molecule has 4 aromatic rings. The number of hydrogen-bond donors (Lipinski definition) is 0. The summed E-state index contributed by atoms with van der Waals surface area (Å²) in [4.78, 5) is 22.0. The van der Waals surface area contributed by atoms with Crippen LogP contribution in [0.4, 0.5) is 5.95 Å². The molecule has 3 heterocycles. The Labute approximate surface area is 178 Å². The molecule has 0 radical (unpaired) electrons. The van der Waals surface area contributed by atoms with Gasteiger partial charge < -0.3 is 9.80 Å². The van der Waals surface area contributed by atoms with Crippen molar-refractivity contribution in [3.8, 4) is 0 Å². The van der Waals surface area contributed by atoms with Gasteiger partial charge in [-0.1, -0.05) is 29.8 Å². The molecule has 1 atom stereocenters. The molecule has 8 heteroatoms. The summed E-state index contributed by atoms with van der Waals surface area (Å²) in [6.07, 6.45) is 0. The standard InChI is InChI=1S/C22H21ClN6O/c1-14-13-27(10-11-28(14)21(30)16-6-4-3-5-7-16)22-24-19-12-17(23)8-9-18(19)20-26-25-15(2)29(20)22/h3-9,12,14H,10-11,13H2,1-2H3. The highest BCUT2D eigenvalue weighted by Gasteiger charge is 2.30. The Morgan fingerprint density at radius 2 is 1.90 bits per heavy atom. The highest BCUT2D eigenvalue weighted by molar-refractivity contribution is 6.31. The van der Waals surface area contributed by atoms with Gasteiger partial charge in [-0.05, 0) is 44.2 Å². The molecule has 1 aliphatic heterocycles. The molecule has 1 saturated heterocycles. The molecule has 0 N–H and O–H groups in total. The van der Waals surface area contributed by atoms with Gasteiger partial charge in [0, 0.05) is 41.6 Å². The first kappa shape index (κ1) is 18.8. The molecule has 2 aromatic heterocycles. The number of benzene rings is 2. The number of fused-ring (bicyclic) bond motifs is 3. The highest BCUT2D eigenvalue weighted by Crippen LogP contribution is 2.27. The maximum Gasteiger partial charge on any atom is 0.254 e. The molecule has 2 aromatic carbocycles. The molecule has 0 saturated carbocycles. The van der Waals surface area contributed by atoms with E-state index in [4.69, 9.17) is 16.6 Å². The van der Waals surface area contributed by atoms with Crippen molar-refractivity contribution >= 4 is 40.0 Å². The zero-order valence-corrected chi connectivity index (χ0v) is 17.5. The summed E-state index contributed by atoms with van der Waals surface area (Å²) in [5.74, 6) is 1.62. The van der Waals surface area contributed by atoms with Crippen LogP contribution >= 0.6 is 11.6 Å². The molecule has 1 unspecified atom stereocenters. The van der Waals surface area contributed by atoms with Crippen molar-refractivity contribution in [3.05, 3.63) is 64.9 Å². The quantitative estimate of drug-likeness (QED) is 0.495. The number of nitrogens with zero attached hydrogens (tertiary/aromatic N) is 6. The molecule has 0 aliphatic carbocycles. The van der Waals surface area contributed by atoms with E-state index in [0.29, 0.717) is 30.2 Å². The third-order valence-corrected chi connectivity index (χ3v) is 5.87. The average Bonchev–Trinajstić information content (AvgIpc) is 3.15. The Hall–Kier alpha value is -3.19. The summed E-state index contributed by atoms with van der Waals surface area (Å²) in [5.41, 5.74) is 2.26. The smallest absolute Gasteiger partial charge is 0.254 e. The minimum Gasteiger partial charge on any atom is -0.338 e. The third-order valence-electron chi connectivity index (χ3n) is 5.64. The number of carbonyl (C=O) groups is 1. The largest absolute Gasteiger partial charge is 0.338 e. The number of aryl methyl sites for hydroxylation is 1.